The van der Waals surface area contributed by atoms with Crippen molar-refractivity contribution >= 4 is 15.9 Å². The molecule has 15 heavy (non-hydrogen) atoms. The zero-order valence-electron chi connectivity index (χ0n) is 9.05. The Labute approximate surface area is 98.7 Å². The van der Waals surface area contributed by atoms with E-state index in [1.54, 1.807) is 14.2 Å². The Balaban J connectivity index is 3.07. The van der Waals surface area contributed by atoms with Gasteiger partial charge in [0.15, 0.2) is 11.5 Å². The average molecular weight is 274 g/mol. The first-order chi connectivity index (χ1) is 7.24. The Hall–Kier alpha value is -0.740. The molecular formula is C11H16BrNO2. The average Bonchev–Trinajstić information content (AvgIpc) is 2.27. The highest BCUT2D eigenvalue weighted by molar-refractivity contribution is 9.10. The van der Waals surface area contributed by atoms with E-state index in [4.69, 9.17) is 15.2 Å². The Bertz CT molecular complexity index is 329. The fraction of sp³-hybridized carbons (Fsp3) is 0.455. The van der Waals surface area contributed by atoms with Crippen LogP contribution in [0.5, 0.6) is 11.5 Å². The van der Waals surface area contributed by atoms with Crippen molar-refractivity contribution in [2.45, 2.75) is 12.8 Å². The highest BCUT2D eigenvalue weighted by Gasteiger charge is 2.12. The van der Waals surface area contributed by atoms with E-state index in [9.17, 15) is 0 Å². The second-order valence-corrected chi connectivity index (χ2v) is 4.01. The molecule has 0 aliphatic heterocycles. The van der Waals surface area contributed by atoms with E-state index >= 15 is 0 Å². The standard InChI is InChI=1S/C11H16BrNO2/c1-14-10-6-5-9(12)8(4-3-7-13)11(10)15-2/h5-6H,3-4,7,13H2,1-2H3. The summed E-state index contributed by atoms with van der Waals surface area (Å²) in [6.45, 7) is 0.673. The molecule has 4 heteroatoms. The summed E-state index contributed by atoms with van der Waals surface area (Å²) in [6, 6.07) is 3.85. The predicted molar refractivity (Wildman–Crippen MR) is 64.6 cm³/mol. The van der Waals surface area contributed by atoms with Gasteiger partial charge in [-0.05, 0) is 31.5 Å². The van der Waals surface area contributed by atoms with Crippen molar-refractivity contribution in [1.29, 1.82) is 0 Å². The van der Waals surface area contributed by atoms with Crippen LogP contribution in [-0.4, -0.2) is 20.8 Å². The van der Waals surface area contributed by atoms with Gasteiger partial charge in [0, 0.05) is 10.0 Å². The summed E-state index contributed by atoms with van der Waals surface area (Å²) in [7, 11) is 3.29. The van der Waals surface area contributed by atoms with E-state index in [1.165, 1.54) is 0 Å². The Morgan fingerprint density at radius 2 is 2.00 bits per heavy atom. The predicted octanol–water partition coefficient (Wildman–Crippen LogP) is 2.36. The van der Waals surface area contributed by atoms with Crippen molar-refractivity contribution in [3.63, 3.8) is 0 Å². The molecule has 2 N–H and O–H groups in total. The highest BCUT2D eigenvalue weighted by Crippen LogP contribution is 2.36. The number of nitrogens with two attached hydrogens (primary N) is 1. The first-order valence-electron chi connectivity index (χ1n) is 4.84. The van der Waals surface area contributed by atoms with Gasteiger partial charge < -0.3 is 15.2 Å². The molecule has 0 atom stereocenters. The maximum atomic E-state index is 5.50. The maximum Gasteiger partial charge on any atom is 0.165 e. The topological polar surface area (TPSA) is 44.5 Å². The summed E-state index contributed by atoms with van der Waals surface area (Å²) in [6.07, 6.45) is 1.82. The lowest BCUT2D eigenvalue weighted by molar-refractivity contribution is 0.351. The SMILES string of the molecule is COc1ccc(Br)c(CCCN)c1OC. The number of halogens is 1. The Morgan fingerprint density at radius 1 is 1.27 bits per heavy atom. The molecule has 1 rings (SSSR count). The number of ether oxygens (including phenoxy) is 2. The lowest BCUT2D eigenvalue weighted by atomic mass is 10.1. The molecule has 0 radical (unpaired) electrons. The summed E-state index contributed by atoms with van der Waals surface area (Å²) in [5.74, 6) is 1.55. The molecule has 3 nitrogen and oxygen atoms in total. The van der Waals surface area contributed by atoms with Gasteiger partial charge in [0.2, 0.25) is 0 Å². The van der Waals surface area contributed by atoms with E-state index in [2.05, 4.69) is 15.9 Å². The summed E-state index contributed by atoms with van der Waals surface area (Å²) >= 11 is 3.51. The normalized spacial score (nSPS) is 10.1. The molecule has 0 aromatic heterocycles. The van der Waals surface area contributed by atoms with Crippen LogP contribution in [-0.2, 0) is 6.42 Å². The zero-order chi connectivity index (χ0) is 11.3. The van der Waals surface area contributed by atoms with Crippen LogP contribution in [0.3, 0.4) is 0 Å². The molecule has 0 fully saturated rings. The van der Waals surface area contributed by atoms with Gasteiger partial charge in [0.25, 0.3) is 0 Å². The van der Waals surface area contributed by atoms with Crippen LogP contribution in [0.25, 0.3) is 0 Å². The van der Waals surface area contributed by atoms with Gasteiger partial charge in [-0.2, -0.15) is 0 Å². The Kier molecular flexibility index (Phi) is 4.91. The van der Waals surface area contributed by atoms with E-state index in [1.807, 2.05) is 12.1 Å². The van der Waals surface area contributed by atoms with Crippen molar-refractivity contribution in [3.05, 3.63) is 22.2 Å². The molecular weight excluding hydrogens is 258 g/mol. The van der Waals surface area contributed by atoms with Gasteiger partial charge in [0.1, 0.15) is 0 Å². The molecule has 0 heterocycles. The minimum atomic E-state index is 0.673. The van der Waals surface area contributed by atoms with Gasteiger partial charge in [-0.3, -0.25) is 0 Å². The lowest BCUT2D eigenvalue weighted by Gasteiger charge is -2.14. The fourth-order valence-electron chi connectivity index (χ4n) is 1.48. The number of rotatable bonds is 5. The first-order valence-corrected chi connectivity index (χ1v) is 5.63. The number of methoxy groups -OCH3 is 2. The van der Waals surface area contributed by atoms with Crippen LogP contribution >= 0.6 is 15.9 Å². The first kappa shape index (κ1) is 12.3. The largest absolute Gasteiger partial charge is 0.493 e. The second kappa shape index (κ2) is 5.98. The molecule has 0 aliphatic carbocycles. The smallest absolute Gasteiger partial charge is 0.165 e. The molecule has 1 aromatic rings. The fourth-order valence-corrected chi connectivity index (χ4v) is 1.99. The van der Waals surface area contributed by atoms with Crippen LogP contribution in [0.4, 0.5) is 0 Å². The lowest BCUT2D eigenvalue weighted by Crippen LogP contribution is -2.03. The van der Waals surface area contributed by atoms with Crippen molar-refractivity contribution in [2.75, 3.05) is 20.8 Å². The third-order valence-corrected chi connectivity index (χ3v) is 2.97. The van der Waals surface area contributed by atoms with Gasteiger partial charge in [0.05, 0.1) is 14.2 Å². The molecule has 0 spiro atoms. The molecule has 0 saturated heterocycles. The molecule has 0 bridgehead atoms. The second-order valence-electron chi connectivity index (χ2n) is 3.15. The summed E-state index contributed by atoms with van der Waals surface area (Å²) < 4.78 is 11.6. The maximum absolute atomic E-state index is 5.50. The van der Waals surface area contributed by atoms with Gasteiger partial charge in [-0.25, -0.2) is 0 Å². The van der Waals surface area contributed by atoms with E-state index < -0.39 is 0 Å². The van der Waals surface area contributed by atoms with E-state index in [0.29, 0.717) is 6.54 Å². The molecule has 0 amide bonds. The van der Waals surface area contributed by atoms with Crippen molar-refractivity contribution in [1.82, 2.24) is 0 Å². The van der Waals surface area contributed by atoms with Crippen LogP contribution < -0.4 is 15.2 Å². The number of benzene rings is 1. The van der Waals surface area contributed by atoms with Crippen LogP contribution in [0.1, 0.15) is 12.0 Å². The number of hydrogen-bond acceptors (Lipinski definition) is 3. The summed E-state index contributed by atoms with van der Waals surface area (Å²) in [4.78, 5) is 0. The van der Waals surface area contributed by atoms with E-state index in [-0.39, 0.29) is 0 Å². The third kappa shape index (κ3) is 2.86. The summed E-state index contributed by atoms with van der Waals surface area (Å²) in [5.41, 5.74) is 6.61. The van der Waals surface area contributed by atoms with Crippen LogP contribution in [0.15, 0.2) is 16.6 Å². The van der Waals surface area contributed by atoms with Gasteiger partial charge in [-0.15, -0.1) is 0 Å². The van der Waals surface area contributed by atoms with Crippen molar-refractivity contribution < 1.29 is 9.47 Å². The van der Waals surface area contributed by atoms with Gasteiger partial charge in [-0.1, -0.05) is 15.9 Å². The molecule has 0 aliphatic rings. The molecule has 0 saturated carbocycles. The quantitative estimate of drug-likeness (QED) is 0.896. The molecule has 84 valence electrons. The monoisotopic (exact) mass is 273 g/mol. The van der Waals surface area contributed by atoms with Crippen molar-refractivity contribution in [3.8, 4) is 11.5 Å². The van der Waals surface area contributed by atoms with Gasteiger partial charge >= 0.3 is 0 Å². The Morgan fingerprint density at radius 3 is 2.53 bits per heavy atom. The molecule has 1 aromatic carbocycles. The summed E-state index contributed by atoms with van der Waals surface area (Å²) in [5, 5.41) is 0. The van der Waals surface area contributed by atoms with Crippen LogP contribution in [0.2, 0.25) is 0 Å². The zero-order valence-corrected chi connectivity index (χ0v) is 10.6. The highest BCUT2D eigenvalue weighted by atomic mass is 79.9. The van der Waals surface area contributed by atoms with E-state index in [0.717, 1.165) is 34.4 Å². The molecule has 0 unspecified atom stereocenters. The third-order valence-electron chi connectivity index (χ3n) is 2.22. The minimum Gasteiger partial charge on any atom is -0.493 e. The van der Waals surface area contributed by atoms with Crippen molar-refractivity contribution in [2.24, 2.45) is 5.73 Å². The minimum absolute atomic E-state index is 0.673. The van der Waals surface area contributed by atoms with Crippen LogP contribution in [0, 0.1) is 0 Å². The number of hydrogen-bond donors (Lipinski definition) is 1.